The van der Waals surface area contributed by atoms with Crippen LogP contribution in [0.5, 0.6) is 0 Å². The number of piperidine rings is 1. The smallest absolute Gasteiger partial charge is 0.312 e. The van der Waals surface area contributed by atoms with Gasteiger partial charge in [0.1, 0.15) is 0 Å². The molecule has 1 aliphatic heterocycles. The Morgan fingerprint density at radius 3 is 2.47 bits per heavy atom. The van der Waals surface area contributed by atoms with Crippen molar-refractivity contribution >= 4 is 11.9 Å². The third-order valence-corrected chi connectivity index (χ3v) is 2.98. The van der Waals surface area contributed by atoms with Crippen LogP contribution in [0.25, 0.3) is 0 Å². The van der Waals surface area contributed by atoms with Gasteiger partial charge in [0, 0.05) is 19.5 Å². The molecule has 0 saturated carbocycles. The third-order valence-electron chi connectivity index (χ3n) is 2.98. The SMILES string of the molecule is NC(=O)NCCNC(=O)CCC1CCNCC1. The predicted octanol–water partition coefficient (Wildman–Crippen LogP) is -0.449. The number of hydrogen-bond acceptors (Lipinski definition) is 3. The van der Waals surface area contributed by atoms with Crippen molar-refractivity contribution in [2.24, 2.45) is 11.7 Å². The normalized spacial score (nSPS) is 16.5. The Kier molecular flexibility index (Phi) is 6.39. The Balaban J connectivity index is 1.98. The van der Waals surface area contributed by atoms with Crippen molar-refractivity contribution < 1.29 is 9.59 Å². The average Bonchev–Trinajstić information content (AvgIpc) is 2.33. The minimum absolute atomic E-state index is 0.0507. The largest absolute Gasteiger partial charge is 0.354 e. The van der Waals surface area contributed by atoms with Crippen molar-refractivity contribution in [3.05, 3.63) is 0 Å². The molecule has 0 atom stereocenters. The molecule has 0 aromatic carbocycles. The zero-order chi connectivity index (χ0) is 12.5. The third kappa shape index (κ3) is 6.78. The fourth-order valence-corrected chi connectivity index (χ4v) is 1.98. The highest BCUT2D eigenvalue weighted by Gasteiger charge is 2.14. The van der Waals surface area contributed by atoms with Crippen LogP contribution in [0.15, 0.2) is 0 Å². The summed E-state index contributed by atoms with van der Waals surface area (Å²) >= 11 is 0. The zero-order valence-corrected chi connectivity index (χ0v) is 10.1. The first kappa shape index (κ1) is 13.8. The van der Waals surface area contributed by atoms with Gasteiger partial charge in [-0.25, -0.2) is 4.79 Å². The van der Waals surface area contributed by atoms with Gasteiger partial charge < -0.3 is 21.7 Å². The molecule has 3 amide bonds. The number of nitrogens with two attached hydrogens (primary N) is 1. The molecule has 0 aliphatic carbocycles. The van der Waals surface area contributed by atoms with Crippen molar-refractivity contribution in [1.29, 1.82) is 0 Å². The lowest BCUT2D eigenvalue weighted by molar-refractivity contribution is -0.121. The number of carbonyl (C=O) groups is 2. The molecule has 5 N–H and O–H groups in total. The average molecular weight is 242 g/mol. The summed E-state index contributed by atoms with van der Waals surface area (Å²) in [4.78, 5) is 21.8. The fourth-order valence-electron chi connectivity index (χ4n) is 1.98. The molecule has 98 valence electrons. The van der Waals surface area contributed by atoms with E-state index in [0.29, 0.717) is 25.4 Å². The zero-order valence-electron chi connectivity index (χ0n) is 10.1. The highest BCUT2D eigenvalue weighted by atomic mass is 16.2. The number of hydrogen-bond donors (Lipinski definition) is 4. The highest BCUT2D eigenvalue weighted by molar-refractivity contribution is 5.76. The lowest BCUT2D eigenvalue weighted by atomic mass is 9.93. The van der Waals surface area contributed by atoms with Gasteiger partial charge >= 0.3 is 6.03 Å². The molecule has 0 bridgehead atoms. The number of carbonyl (C=O) groups excluding carboxylic acids is 2. The quantitative estimate of drug-likeness (QED) is 0.475. The van der Waals surface area contributed by atoms with Gasteiger partial charge in [-0.15, -0.1) is 0 Å². The Morgan fingerprint density at radius 2 is 1.82 bits per heavy atom. The standard InChI is InChI=1S/C11H22N4O2/c12-11(17)15-8-7-14-10(16)2-1-9-3-5-13-6-4-9/h9,13H,1-8H2,(H,14,16)(H3,12,15,17). The Labute approximate surface area is 102 Å². The van der Waals surface area contributed by atoms with E-state index in [-0.39, 0.29) is 5.91 Å². The van der Waals surface area contributed by atoms with Crippen LogP contribution in [0, 0.1) is 5.92 Å². The van der Waals surface area contributed by atoms with E-state index < -0.39 is 6.03 Å². The van der Waals surface area contributed by atoms with E-state index >= 15 is 0 Å². The van der Waals surface area contributed by atoms with Gasteiger partial charge in [-0.3, -0.25) is 4.79 Å². The fraction of sp³-hybridized carbons (Fsp3) is 0.818. The Morgan fingerprint density at radius 1 is 1.18 bits per heavy atom. The maximum absolute atomic E-state index is 11.5. The van der Waals surface area contributed by atoms with Crippen LogP contribution < -0.4 is 21.7 Å². The first-order chi connectivity index (χ1) is 8.18. The van der Waals surface area contributed by atoms with E-state index in [1.165, 1.54) is 0 Å². The minimum Gasteiger partial charge on any atom is -0.354 e. The van der Waals surface area contributed by atoms with Gasteiger partial charge in [0.2, 0.25) is 5.91 Å². The number of urea groups is 1. The van der Waals surface area contributed by atoms with E-state index in [9.17, 15) is 9.59 Å². The van der Waals surface area contributed by atoms with Crippen LogP contribution >= 0.6 is 0 Å². The van der Waals surface area contributed by atoms with E-state index in [2.05, 4.69) is 16.0 Å². The van der Waals surface area contributed by atoms with Gasteiger partial charge in [-0.05, 0) is 38.3 Å². The molecular formula is C11H22N4O2. The predicted molar refractivity (Wildman–Crippen MR) is 65.4 cm³/mol. The first-order valence-electron chi connectivity index (χ1n) is 6.19. The van der Waals surface area contributed by atoms with Gasteiger partial charge in [0.05, 0.1) is 0 Å². The molecule has 1 aliphatic rings. The number of rotatable bonds is 6. The van der Waals surface area contributed by atoms with E-state index in [1.54, 1.807) is 0 Å². The maximum atomic E-state index is 11.5. The summed E-state index contributed by atoms with van der Waals surface area (Å²) in [5, 5.41) is 8.48. The molecule has 6 heteroatoms. The topological polar surface area (TPSA) is 96.2 Å². The molecule has 1 rings (SSSR count). The molecule has 17 heavy (non-hydrogen) atoms. The number of primary amides is 1. The second kappa shape index (κ2) is 7.89. The van der Waals surface area contributed by atoms with Crippen molar-refractivity contribution in [3.63, 3.8) is 0 Å². The summed E-state index contributed by atoms with van der Waals surface area (Å²) in [6.07, 6.45) is 3.85. The summed E-state index contributed by atoms with van der Waals surface area (Å²) in [5.74, 6) is 0.723. The molecule has 0 unspecified atom stereocenters. The summed E-state index contributed by atoms with van der Waals surface area (Å²) in [5.41, 5.74) is 4.90. The summed E-state index contributed by atoms with van der Waals surface area (Å²) < 4.78 is 0. The van der Waals surface area contributed by atoms with E-state index in [1.807, 2.05) is 0 Å². The highest BCUT2D eigenvalue weighted by Crippen LogP contribution is 2.17. The second-order valence-corrected chi connectivity index (χ2v) is 4.37. The van der Waals surface area contributed by atoms with Gasteiger partial charge in [0.15, 0.2) is 0 Å². The van der Waals surface area contributed by atoms with Crippen LogP contribution in [0.1, 0.15) is 25.7 Å². The van der Waals surface area contributed by atoms with Crippen LogP contribution in [0.4, 0.5) is 4.79 Å². The summed E-state index contributed by atoms with van der Waals surface area (Å²) in [6.45, 7) is 2.95. The Bertz CT molecular complexity index is 252. The summed E-state index contributed by atoms with van der Waals surface area (Å²) in [7, 11) is 0. The second-order valence-electron chi connectivity index (χ2n) is 4.37. The molecule has 0 aromatic heterocycles. The van der Waals surface area contributed by atoms with Crippen molar-refractivity contribution in [1.82, 2.24) is 16.0 Å². The molecule has 0 spiro atoms. The molecule has 1 fully saturated rings. The lowest BCUT2D eigenvalue weighted by Crippen LogP contribution is -2.37. The van der Waals surface area contributed by atoms with Gasteiger partial charge in [-0.2, -0.15) is 0 Å². The van der Waals surface area contributed by atoms with Crippen molar-refractivity contribution in [2.75, 3.05) is 26.2 Å². The van der Waals surface area contributed by atoms with Crippen molar-refractivity contribution in [2.45, 2.75) is 25.7 Å². The monoisotopic (exact) mass is 242 g/mol. The van der Waals surface area contributed by atoms with Gasteiger partial charge in [-0.1, -0.05) is 0 Å². The molecule has 0 aromatic rings. The van der Waals surface area contributed by atoms with Crippen molar-refractivity contribution in [3.8, 4) is 0 Å². The minimum atomic E-state index is -0.561. The Hall–Kier alpha value is -1.30. The van der Waals surface area contributed by atoms with Crippen LogP contribution in [-0.2, 0) is 4.79 Å². The van der Waals surface area contributed by atoms with Crippen LogP contribution in [0.2, 0.25) is 0 Å². The first-order valence-corrected chi connectivity index (χ1v) is 6.19. The van der Waals surface area contributed by atoms with Crippen LogP contribution in [0.3, 0.4) is 0 Å². The molecular weight excluding hydrogens is 220 g/mol. The summed E-state index contributed by atoms with van der Waals surface area (Å²) in [6, 6.07) is -0.561. The lowest BCUT2D eigenvalue weighted by Gasteiger charge is -2.22. The van der Waals surface area contributed by atoms with Gasteiger partial charge in [0.25, 0.3) is 0 Å². The van der Waals surface area contributed by atoms with Crippen LogP contribution in [-0.4, -0.2) is 38.1 Å². The number of nitrogens with one attached hydrogen (secondary N) is 3. The maximum Gasteiger partial charge on any atom is 0.312 e. The molecule has 1 saturated heterocycles. The van der Waals surface area contributed by atoms with E-state index in [0.717, 1.165) is 32.4 Å². The van der Waals surface area contributed by atoms with E-state index in [4.69, 9.17) is 5.73 Å². The number of amides is 3. The molecule has 0 radical (unpaired) electrons. The molecule has 6 nitrogen and oxygen atoms in total. The molecule has 1 heterocycles.